The molecule has 11 heteroatoms. The minimum atomic E-state index is -4.97. The standard InChI is InChI=1S/C19H13F4N3O4/c1-2-6-25-12-8-11(26-15(27)9-14(19(21,22)23)24-17(26)29)10(20)7-13(12)30-18(16(25)28)4-3-5-18/h1,7-9H,3-6H2,(H,24,29). The van der Waals surface area contributed by atoms with Crippen LogP contribution in [0.1, 0.15) is 25.0 Å². The van der Waals surface area contributed by atoms with E-state index in [1.165, 1.54) is 9.88 Å². The van der Waals surface area contributed by atoms with E-state index >= 15 is 0 Å². The molecule has 4 rings (SSSR count). The molecule has 0 saturated heterocycles. The predicted molar refractivity (Wildman–Crippen MR) is 96.0 cm³/mol. The zero-order valence-electron chi connectivity index (χ0n) is 15.2. The fourth-order valence-electron chi connectivity index (χ4n) is 3.54. The third kappa shape index (κ3) is 2.87. The Morgan fingerprint density at radius 1 is 1.17 bits per heavy atom. The number of rotatable bonds is 2. The number of aromatic amines is 1. The van der Waals surface area contributed by atoms with E-state index in [0.717, 1.165) is 18.6 Å². The molecule has 156 valence electrons. The zero-order chi connectivity index (χ0) is 21.8. The number of fused-ring (bicyclic) bond motifs is 1. The van der Waals surface area contributed by atoms with Gasteiger partial charge in [0.15, 0.2) is 11.4 Å². The van der Waals surface area contributed by atoms with Gasteiger partial charge >= 0.3 is 11.9 Å². The molecule has 1 aliphatic heterocycles. The van der Waals surface area contributed by atoms with Crippen LogP contribution in [0.15, 0.2) is 27.8 Å². The summed E-state index contributed by atoms with van der Waals surface area (Å²) in [6.07, 6.45) is 1.96. The highest BCUT2D eigenvalue weighted by Crippen LogP contribution is 2.47. The first-order chi connectivity index (χ1) is 14.1. The third-order valence-electron chi connectivity index (χ3n) is 5.15. The number of carbonyl (C=O) groups excluding carboxylic acids is 1. The Labute approximate surface area is 165 Å². The highest BCUT2D eigenvalue weighted by molar-refractivity contribution is 6.04. The lowest BCUT2D eigenvalue weighted by Crippen LogP contribution is -2.60. The van der Waals surface area contributed by atoms with Crippen LogP contribution in [0.2, 0.25) is 0 Å². The average molecular weight is 423 g/mol. The molecule has 2 heterocycles. The van der Waals surface area contributed by atoms with Crippen LogP contribution in [0.3, 0.4) is 0 Å². The van der Waals surface area contributed by atoms with Gasteiger partial charge in [0.2, 0.25) is 0 Å². The summed E-state index contributed by atoms with van der Waals surface area (Å²) < 4.78 is 59.1. The van der Waals surface area contributed by atoms with Crippen LogP contribution in [0.5, 0.6) is 5.75 Å². The van der Waals surface area contributed by atoms with Crippen LogP contribution >= 0.6 is 0 Å². The summed E-state index contributed by atoms with van der Waals surface area (Å²) in [6, 6.07) is 2.00. The molecule has 30 heavy (non-hydrogen) atoms. The molecule has 2 aliphatic rings. The molecule has 1 saturated carbocycles. The van der Waals surface area contributed by atoms with Gasteiger partial charge in [0.05, 0.1) is 17.9 Å². The van der Waals surface area contributed by atoms with Crippen molar-refractivity contribution in [1.29, 1.82) is 0 Å². The maximum atomic E-state index is 14.8. The van der Waals surface area contributed by atoms with Crippen LogP contribution in [-0.2, 0) is 11.0 Å². The van der Waals surface area contributed by atoms with Crippen LogP contribution in [0, 0.1) is 18.2 Å². The Kier molecular flexibility index (Phi) is 4.27. The van der Waals surface area contributed by atoms with Crippen molar-refractivity contribution in [3.05, 3.63) is 50.5 Å². The lowest BCUT2D eigenvalue weighted by Gasteiger charge is -2.47. The molecule has 1 fully saturated rings. The van der Waals surface area contributed by atoms with Crippen LogP contribution in [-0.4, -0.2) is 27.6 Å². The van der Waals surface area contributed by atoms with Gasteiger partial charge in [-0.2, -0.15) is 13.2 Å². The summed E-state index contributed by atoms with van der Waals surface area (Å²) in [4.78, 5) is 39.9. The van der Waals surface area contributed by atoms with Crippen molar-refractivity contribution in [3.8, 4) is 23.8 Å². The summed E-state index contributed by atoms with van der Waals surface area (Å²) in [5.41, 5.74) is -6.22. The number of ether oxygens (including phenoxy) is 1. The van der Waals surface area contributed by atoms with E-state index in [4.69, 9.17) is 11.2 Å². The van der Waals surface area contributed by atoms with Gasteiger partial charge in [-0.15, -0.1) is 6.42 Å². The minimum Gasteiger partial charge on any atom is -0.475 e. The Bertz CT molecular complexity index is 1190. The fraction of sp³-hybridized carbons (Fsp3) is 0.316. The second-order valence-electron chi connectivity index (χ2n) is 6.98. The van der Waals surface area contributed by atoms with Gasteiger partial charge in [0.25, 0.3) is 11.5 Å². The smallest absolute Gasteiger partial charge is 0.431 e. The number of aromatic nitrogens is 2. The number of alkyl halides is 3. The van der Waals surface area contributed by atoms with Crippen molar-refractivity contribution in [1.82, 2.24) is 9.55 Å². The molecule has 1 aliphatic carbocycles. The van der Waals surface area contributed by atoms with Gasteiger partial charge in [-0.1, -0.05) is 5.92 Å². The summed E-state index contributed by atoms with van der Waals surface area (Å²) in [6.45, 7) is -0.180. The molecule has 2 aromatic rings. The van der Waals surface area contributed by atoms with Gasteiger partial charge in [-0.05, 0) is 25.3 Å². The number of terminal acetylenes is 1. The van der Waals surface area contributed by atoms with Gasteiger partial charge < -0.3 is 9.72 Å². The maximum Gasteiger partial charge on any atom is 0.431 e. The molecule has 0 unspecified atom stereocenters. The molecule has 1 amide bonds. The third-order valence-corrected chi connectivity index (χ3v) is 5.15. The van der Waals surface area contributed by atoms with E-state index in [2.05, 4.69) is 5.92 Å². The van der Waals surface area contributed by atoms with E-state index < -0.39 is 46.1 Å². The predicted octanol–water partition coefficient (Wildman–Crippen LogP) is 1.96. The minimum absolute atomic E-state index is 0.0119. The molecular weight excluding hydrogens is 410 g/mol. The number of benzene rings is 1. The van der Waals surface area contributed by atoms with Crippen LogP contribution < -0.4 is 20.9 Å². The van der Waals surface area contributed by atoms with Crippen molar-refractivity contribution >= 4 is 11.6 Å². The molecule has 0 atom stereocenters. The topological polar surface area (TPSA) is 84.4 Å². The molecule has 1 N–H and O–H groups in total. The number of nitrogens with zero attached hydrogens (tertiary/aromatic N) is 2. The van der Waals surface area contributed by atoms with Gasteiger partial charge in [-0.25, -0.2) is 13.8 Å². The number of halogens is 4. The number of anilines is 1. The first-order valence-electron chi connectivity index (χ1n) is 8.79. The number of H-pyrrole nitrogens is 1. The maximum absolute atomic E-state index is 14.8. The highest BCUT2D eigenvalue weighted by atomic mass is 19.4. The largest absolute Gasteiger partial charge is 0.475 e. The highest BCUT2D eigenvalue weighted by Gasteiger charge is 2.52. The van der Waals surface area contributed by atoms with Crippen LogP contribution in [0.4, 0.5) is 23.2 Å². The molecule has 1 spiro atoms. The van der Waals surface area contributed by atoms with Crippen molar-refractivity contribution in [2.24, 2.45) is 0 Å². The van der Waals surface area contributed by atoms with E-state index in [0.29, 0.717) is 12.8 Å². The number of amides is 1. The van der Waals surface area contributed by atoms with Crippen LogP contribution in [0.25, 0.3) is 5.69 Å². The molecule has 1 aromatic carbocycles. The fourth-order valence-corrected chi connectivity index (χ4v) is 3.54. The van der Waals surface area contributed by atoms with Gasteiger partial charge in [-0.3, -0.25) is 14.5 Å². The van der Waals surface area contributed by atoms with E-state index in [9.17, 15) is 31.9 Å². The molecule has 0 bridgehead atoms. The van der Waals surface area contributed by atoms with Crippen molar-refractivity contribution in [3.63, 3.8) is 0 Å². The number of hydrogen-bond acceptors (Lipinski definition) is 4. The van der Waals surface area contributed by atoms with E-state index in [1.54, 1.807) is 0 Å². The molecule has 1 aromatic heterocycles. The van der Waals surface area contributed by atoms with Gasteiger partial charge in [0, 0.05) is 12.1 Å². The van der Waals surface area contributed by atoms with E-state index in [-0.39, 0.29) is 28.6 Å². The van der Waals surface area contributed by atoms with Crippen molar-refractivity contribution in [2.45, 2.75) is 31.0 Å². The van der Waals surface area contributed by atoms with Gasteiger partial charge in [0.1, 0.15) is 11.4 Å². The Hall–Kier alpha value is -3.55. The lowest BCUT2D eigenvalue weighted by molar-refractivity contribution is -0.143. The Morgan fingerprint density at radius 2 is 1.87 bits per heavy atom. The first-order valence-corrected chi connectivity index (χ1v) is 8.79. The quantitative estimate of drug-likeness (QED) is 0.591. The Balaban J connectivity index is 1.90. The summed E-state index contributed by atoms with van der Waals surface area (Å²) in [7, 11) is 0. The number of nitrogens with one attached hydrogen (secondary N) is 1. The van der Waals surface area contributed by atoms with E-state index in [1.807, 2.05) is 0 Å². The summed E-state index contributed by atoms with van der Waals surface area (Å²) in [5, 5.41) is 0. The second-order valence-corrected chi connectivity index (χ2v) is 6.98. The average Bonchev–Trinajstić information content (AvgIpc) is 2.62. The monoisotopic (exact) mass is 423 g/mol. The summed E-state index contributed by atoms with van der Waals surface area (Å²) >= 11 is 0. The SMILES string of the molecule is C#CCN1C(=O)C2(CCC2)Oc2cc(F)c(-n3c(=O)cc(C(F)(F)F)[nH]c3=O)cc21. The molecule has 0 radical (unpaired) electrons. The summed E-state index contributed by atoms with van der Waals surface area (Å²) in [5.74, 6) is 0.766. The normalized spacial score (nSPS) is 17.2. The molecule has 7 nitrogen and oxygen atoms in total. The molecular formula is C19H13F4N3O4. The second kappa shape index (κ2) is 6.48. The zero-order valence-corrected chi connectivity index (χ0v) is 15.2. The number of hydrogen-bond donors (Lipinski definition) is 1. The first kappa shape index (κ1) is 19.8. The van der Waals surface area contributed by atoms with Crippen molar-refractivity contribution in [2.75, 3.05) is 11.4 Å². The number of carbonyl (C=O) groups is 1. The Morgan fingerprint density at radius 3 is 2.40 bits per heavy atom. The van der Waals surface area contributed by atoms with Crippen molar-refractivity contribution < 1.29 is 27.1 Å². The lowest BCUT2D eigenvalue weighted by atomic mass is 9.77.